The molecule has 0 aliphatic carbocycles. The van der Waals surface area contributed by atoms with Crippen LogP contribution in [0, 0.1) is 0 Å². The third-order valence-corrected chi connectivity index (χ3v) is 12.5. The number of carbonyl (C=O) groups is 1. The fourth-order valence-corrected chi connectivity index (χ4v) is 6.28. The van der Waals surface area contributed by atoms with Crippen molar-refractivity contribution in [2.75, 3.05) is 13.1 Å². The summed E-state index contributed by atoms with van der Waals surface area (Å²) in [5.41, 5.74) is -1.86. The predicted octanol–water partition coefficient (Wildman–Crippen LogP) is 5.71. The minimum Gasteiger partial charge on any atom is -0.492 e. The molecule has 38 heavy (non-hydrogen) atoms. The SMILES string of the molecule is CC(C)(C)[Si](C)(C)O[C@H]1CN(C(=O)c2nc3c(C(F)(F)F)cc(Br)cn3c2Cl)CC[C@@H]1n1c(O)coc1=O. The predicted molar refractivity (Wildman–Crippen MR) is 139 cm³/mol. The largest absolute Gasteiger partial charge is 0.492 e. The highest BCUT2D eigenvalue weighted by Crippen LogP contribution is 2.41. The van der Waals surface area contributed by atoms with Crippen molar-refractivity contribution in [1.29, 1.82) is 0 Å². The first kappa shape index (κ1) is 28.7. The van der Waals surface area contributed by atoms with E-state index in [0.29, 0.717) is 0 Å². The zero-order valence-electron chi connectivity index (χ0n) is 21.3. The van der Waals surface area contributed by atoms with E-state index < -0.39 is 49.5 Å². The van der Waals surface area contributed by atoms with E-state index in [2.05, 4.69) is 20.9 Å². The lowest BCUT2D eigenvalue weighted by molar-refractivity contribution is -0.136. The second-order valence-corrected chi connectivity index (χ2v) is 16.8. The van der Waals surface area contributed by atoms with Gasteiger partial charge in [0, 0.05) is 23.8 Å². The number of halogens is 5. The Bertz CT molecular complexity index is 1450. The van der Waals surface area contributed by atoms with Crippen LogP contribution in [0.15, 0.2) is 32.2 Å². The molecule has 2 atom stereocenters. The molecule has 1 fully saturated rings. The van der Waals surface area contributed by atoms with Gasteiger partial charge in [-0.25, -0.2) is 14.3 Å². The third-order valence-electron chi connectivity index (χ3n) is 7.24. The van der Waals surface area contributed by atoms with Crippen molar-refractivity contribution in [3.63, 3.8) is 0 Å². The van der Waals surface area contributed by atoms with Gasteiger partial charge in [-0.2, -0.15) is 13.2 Å². The van der Waals surface area contributed by atoms with Gasteiger partial charge in [0.1, 0.15) is 5.15 Å². The molecule has 3 aromatic heterocycles. The molecule has 0 radical (unpaired) electrons. The quantitative estimate of drug-likeness (QED) is 0.367. The minimum atomic E-state index is -4.72. The van der Waals surface area contributed by atoms with Crippen LogP contribution in [0.1, 0.15) is 49.3 Å². The average Bonchev–Trinajstić information content (AvgIpc) is 3.29. The number of rotatable bonds is 4. The highest BCUT2D eigenvalue weighted by Gasteiger charge is 2.45. The maximum Gasteiger partial charge on any atom is 0.422 e. The smallest absolute Gasteiger partial charge is 0.422 e. The fourth-order valence-electron chi connectivity index (χ4n) is 4.25. The van der Waals surface area contributed by atoms with Gasteiger partial charge in [0.05, 0.1) is 17.7 Å². The molecular formula is C23H27BrClF3N4O5Si. The van der Waals surface area contributed by atoms with Crippen LogP contribution in [0.4, 0.5) is 13.2 Å². The highest BCUT2D eigenvalue weighted by molar-refractivity contribution is 9.10. The number of pyridine rings is 1. The van der Waals surface area contributed by atoms with E-state index >= 15 is 0 Å². The Balaban J connectivity index is 1.72. The van der Waals surface area contributed by atoms with Gasteiger partial charge in [-0.15, -0.1) is 0 Å². The number of aromatic hydroxyl groups is 1. The molecule has 0 saturated carbocycles. The highest BCUT2D eigenvalue weighted by atomic mass is 79.9. The third kappa shape index (κ3) is 5.15. The first-order valence-corrected chi connectivity index (χ1v) is 15.8. The molecule has 1 aliphatic rings. The number of hydrogen-bond acceptors (Lipinski definition) is 6. The molecule has 4 rings (SSSR count). The molecule has 0 aromatic carbocycles. The molecular weight excluding hydrogens is 613 g/mol. The topological polar surface area (TPSA) is 102 Å². The van der Waals surface area contributed by atoms with Crippen molar-refractivity contribution in [1.82, 2.24) is 18.9 Å². The standard InChI is InChI=1S/C23H27BrClF3N4O5Si/c1-22(2,3)38(4,5)37-15-10-30(7-6-14(15)32-16(33)11-36-21(32)35)20(34)17-18(25)31-9-12(24)8-13(19(31)29-17)23(26,27)28/h8-9,11,14-15,33H,6-7,10H2,1-5H3/t14-,15-/m0/s1. The number of likely N-dealkylation sites (tertiary alicyclic amines) is 1. The number of piperidine rings is 1. The number of amides is 1. The monoisotopic (exact) mass is 638 g/mol. The molecule has 208 valence electrons. The lowest BCUT2D eigenvalue weighted by atomic mass is 10.0. The molecule has 9 nitrogen and oxygen atoms in total. The van der Waals surface area contributed by atoms with Crippen LogP contribution in [0.3, 0.4) is 0 Å². The maximum atomic E-state index is 13.7. The summed E-state index contributed by atoms with van der Waals surface area (Å²) in [7, 11) is -2.44. The summed E-state index contributed by atoms with van der Waals surface area (Å²) in [5, 5.41) is 9.79. The summed E-state index contributed by atoms with van der Waals surface area (Å²) in [5.74, 6) is -1.80. The number of imidazole rings is 1. The van der Waals surface area contributed by atoms with Crippen LogP contribution in [-0.4, -0.2) is 57.4 Å². The van der Waals surface area contributed by atoms with Crippen LogP contribution >= 0.6 is 27.5 Å². The first-order valence-electron chi connectivity index (χ1n) is 11.7. The van der Waals surface area contributed by atoms with E-state index in [1.807, 2.05) is 33.9 Å². The Labute approximate surface area is 230 Å². The molecule has 3 aromatic rings. The average molecular weight is 640 g/mol. The number of fused-ring (bicyclic) bond motifs is 1. The number of aromatic nitrogens is 3. The Hall–Kier alpha value is -2.29. The number of hydrogen-bond donors (Lipinski definition) is 1. The number of oxazole rings is 1. The minimum absolute atomic E-state index is 0.00685. The van der Waals surface area contributed by atoms with Gasteiger partial charge in [-0.1, -0.05) is 32.4 Å². The summed E-state index contributed by atoms with van der Waals surface area (Å²) in [4.78, 5) is 31.3. The maximum absolute atomic E-state index is 13.7. The molecule has 0 spiro atoms. The van der Waals surface area contributed by atoms with Crippen molar-refractivity contribution in [3.8, 4) is 5.88 Å². The molecule has 0 bridgehead atoms. The first-order chi connectivity index (χ1) is 17.4. The zero-order chi connectivity index (χ0) is 28.4. The molecule has 0 unspecified atom stereocenters. The van der Waals surface area contributed by atoms with E-state index in [1.54, 1.807) is 0 Å². The van der Waals surface area contributed by atoms with Gasteiger partial charge in [0.25, 0.3) is 5.91 Å². The van der Waals surface area contributed by atoms with Crippen LogP contribution in [-0.2, 0) is 10.6 Å². The number of alkyl halides is 3. The van der Waals surface area contributed by atoms with Crippen molar-refractivity contribution < 1.29 is 31.9 Å². The fraction of sp³-hybridized carbons (Fsp3) is 0.522. The summed E-state index contributed by atoms with van der Waals surface area (Å²) in [6, 6.07) is 0.236. The van der Waals surface area contributed by atoms with Gasteiger partial charge in [-0.3, -0.25) is 9.20 Å². The second kappa shape index (κ2) is 9.72. The summed E-state index contributed by atoms with van der Waals surface area (Å²) in [6.45, 7) is 10.2. The van der Waals surface area contributed by atoms with E-state index in [9.17, 15) is 27.9 Å². The zero-order valence-corrected chi connectivity index (χ0v) is 24.6. The number of carbonyl (C=O) groups excluding carboxylic acids is 1. The second-order valence-electron chi connectivity index (χ2n) is 10.8. The van der Waals surface area contributed by atoms with Crippen molar-refractivity contribution >= 4 is 47.4 Å². The number of nitrogens with zero attached hydrogens (tertiary/aromatic N) is 4. The summed E-state index contributed by atoms with van der Waals surface area (Å²) >= 11 is 9.42. The van der Waals surface area contributed by atoms with Crippen molar-refractivity contribution in [2.45, 2.75) is 63.6 Å². The van der Waals surface area contributed by atoms with E-state index in [1.165, 1.54) is 11.1 Å². The van der Waals surface area contributed by atoms with Gasteiger partial charge in [-0.05, 0) is 46.5 Å². The molecule has 4 heterocycles. The summed E-state index contributed by atoms with van der Waals surface area (Å²) in [6.07, 6.45) is -2.98. The van der Waals surface area contributed by atoms with Crippen molar-refractivity contribution in [2.24, 2.45) is 0 Å². The Morgan fingerprint density at radius 1 is 1.32 bits per heavy atom. The van der Waals surface area contributed by atoms with Gasteiger partial charge in [0.15, 0.2) is 25.9 Å². The van der Waals surface area contributed by atoms with Crippen LogP contribution in [0.25, 0.3) is 5.65 Å². The van der Waals surface area contributed by atoms with Crippen LogP contribution < -0.4 is 5.76 Å². The Morgan fingerprint density at radius 2 is 1.97 bits per heavy atom. The van der Waals surface area contributed by atoms with Gasteiger partial charge >= 0.3 is 11.9 Å². The Morgan fingerprint density at radius 3 is 2.53 bits per heavy atom. The van der Waals surface area contributed by atoms with Gasteiger partial charge in [0.2, 0.25) is 5.88 Å². The normalized spacial score (nSPS) is 19.4. The van der Waals surface area contributed by atoms with Crippen LogP contribution in [0.2, 0.25) is 23.3 Å². The van der Waals surface area contributed by atoms with Gasteiger partial charge < -0.3 is 18.8 Å². The molecule has 15 heteroatoms. The van der Waals surface area contributed by atoms with E-state index in [-0.39, 0.29) is 45.7 Å². The van der Waals surface area contributed by atoms with E-state index in [4.69, 9.17) is 20.4 Å². The van der Waals surface area contributed by atoms with Crippen molar-refractivity contribution in [3.05, 3.63) is 50.0 Å². The lowest BCUT2D eigenvalue weighted by Crippen LogP contribution is -2.54. The molecule has 1 amide bonds. The molecule has 1 N–H and O–H groups in total. The lowest BCUT2D eigenvalue weighted by Gasteiger charge is -2.45. The molecule has 1 saturated heterocycles. The van der Waals surface area contributed by atoms with E-state index in [0.717, 1.165) is 21.3 Å². The molecule has 1 aliphatic heterocycles. The Kier molecular flexibility index (Phi) is 7.34. The van der Waals surface area contributed by atoms with Crippen LogP contribution in [0.5, 0.6) is 5.88 Å². The summed E-state index contributed by atoms with van der Waals surface area (Å²) < 4.78 is 54.7.